The van der Waals surface area contributed by atoms with Crippen molar-refractivity contribution in [2.45, 2.75) is 32.2 Å². The first-order valence-electron chi connectivity index (χ1n) is 7.75. The van der Waals surface area contributed by atoms with Crippen molar-refractivity contribution < 1.29 is 0 Å². The second-order valence-electron chi connectivity index (χ2n) is 5.85. The average Bonchev–Trinajstić information content (AvgIpc) is 3.04. The lowest BCUT2D eigenvalue weighted by Crippen LogP contribution is -2.17. The second kappa shape index (κ2) is 5.37. The Morgan fingerprint density at radius 2 is 1.95 bits per heavy atom. The van der Waals surface area contributed by atoms with E-state index in [-0.39, 0.29) is 6.04 Å². The monoisotopic (exact) mass is 290 g/mol. The van der Waals surface area contributed by atoms with E-state index >= 15 is 0 Å². The SMILES string of the molecule is Cc1cccc(-c2cn([C@@H]3CCCc4ccccc43)nn2)n1. The number of hydrogen-bond donors (Lipinski definition) is 0. The quantitative estimate of drug-likeness (QED) is 0.724. The van der Waals surface area contributed by atoms with Crippen molar-refractivity contribution in [1.29, 1.82) is 0 Å². The van der Waals surface area contributed by atoms with E-state index in [0.717, 1.165) is 29.9 Å². The Kier molecular flexibility index (Phi) is 3.22. The van der Waals surface area contributed by atoms with Gasteiger partial charge in [0, 0.05) is 5.69 Å². The molecule has 0 radical (unpaired) electrons. The summed E-state index contributed by atoms with van der Waals surface area (Å²) in [4.78, 5) is 4.53. The van der Waals surface area contributed by atoms with Crippen LogP contribution in [-0.2, 0) is 6.42 Å². The number of hydrogen-bond acceptors (Lipinski definition) is 3. The van der Waals surface area contributed by atoms with Gasteiger partial charge in [0.05, 0.1) is 17.9 Å². The van der Waals surface area contributed by atoms with E-state index in [2.05, 4.69) is 39.6 Å². The standard InChI is InChI=1S/C18H18N4/c1-13-6-4-10-16(19-13)17-12-22(21-20-17)18-11-5-8-14-7-2-3-9-15(14)18/h2-4,6-7,9-10,12,18H,5,8,11H2,1H3/t18-/m1/s1. The first-order valence-corrected chi connectivity index (χ1v) is 7.75. The van der Waals surface area contributed by atoms with E-state index in [1.54, 1.807) is 0 Å². The molecule has 0 N–H and O–H groups in total. The minimum absolute atomic E-state index is 0.288. The molecule has 1 aliphatic rings. The number of rotatable bonds is 2. The molecule has 3 aromatic rings. The van der Waals surface area contributed by atoms with Gasteiger partial charge >= 0.3 is 0 Å². The summed E-state index contributed by atoms with van der Waals surface area (Å²) >= 11 is 0. The average molecular weight is 290 g/mol. The van der Waals surface area contributed by atoms with Gasteiger partial charge in [-0.1, -0.05) is 35.5 Å². The van der Waals surface area contributed by atoms with Crippen LogP contribution in [0.5, 0.6) is 0 Å². The molecule has 22 heavy (non-hydrogen) atoms. The summed E-state index contributed by atoms with van der Waals surface area (Å²) in [6.07, 6.45) is 5.49. The summed E-state index contributed by atoms with van der Waals surface area (Å²) in [6.45, 7) is 1.99. The van der Waals surface area contributed by atoms with E-state index in [0.29, 0.717) is 0 Å². The van der Waals surface area contributed by atoms with Crippen molar-refractivity contribution in [2.24, 2.45) is 0 Å². The molecule has 0 saturated carbocycles. The highest BCUT2D eigenvalue weighted by Gasteiger charge is 2.22. The van der Waals surface area contributed by atoms with Crippen molar-refractivity contribution in [3.8, 4) is 11.4 Å². The van der Waals surface area contributed by atoms with Crippen molar-refractivity contribution in [3.05, 3.63) is 65.5 Å². The minimum Gasteiger partial charge on any atom is -0.251 e. The van der Waals surface area contributed by atoms with Gasteiger partial charge in [-0.05, 0) is 49.4 Å². The minimum atomic E-state index is 0.288. The molecule has 2 heterocycles. The van der Waals surface area contributed by atoms with Crippen LogP contribution in [0.25, 0.3) is 11.4 Å². The predicted octanol–water partition coefficient (Wildman–Crippen LogP) is 3.57. The number of benzene rings is 1. The molecule has 0 saturated heterocycles. The Labute approximate surface area is 129 Å². The topological polar surface area (TPSA) is 43.6 Å². The van der Waals surface area contributed by atoms with E-state index in [9.17, 15) is 0 Å². The highest BCUT2D eigenvalue weighted by atomic mass is 15.4. The maximum absolute atomic E-state index is 4.53. The lowest BCUT2D eigenvalue weighted by molar-refractivity contribution is 0.440. The van der Waals surface area contributed by atoms with Gasteiger partial charge in [0.25, 0.3) is 0 Å². The Morgan fingerprint density at radius 3 is 2.86 bits per heavy atom. The Bertz CT molecular complexity index is 806. The maximum atomic E-state index is 4.53. The molecule has 0 aliphatic heterocycles. The summed E-state index contributed by atoms with van der Waals surface area (Å²) in [5.41, 5.74) is 5.53. The fourth-order valence-electron chi connectivity index (χ4n) is 3.24. The summed E-state index contributed by atoms with van der Waals surface area (Å²) in [7, 11) is 0. The molecule has 0 unspecified atom stereocenters. The van der Waals surface area contributed by atoms with Gasteiger partial charge in [0.15, 0.2) is 0 Å². The third-order valence-corrected chi connectivity index (χ3v) is 4.32. The van der Waals surface area contributed by atoms with Crippen molar-refractivity contribution in [3.63, 3.8) is 0 Å². The van der Waals surface area contributed by atoms with Gasteiger partial charge in [-0.15, -0.1) is 5.10 Å². The summed E-state index contributed by atoms with van der Waals surface area (Å²) in [6, 6.07) is 14.9. The smallest absolute Gasteiger partial charge is 0.131 e. The van der Waals surface area contributed by atoms with Crippen LogP contribution in [0.3, 0.4) is 0 Å². The van der Waals surface area contributed by atoms with Crippen molar-refractivity contribution in [2.75, 3.05) is 0 Å². The Hall–Kier alpha value is -2.49. The van der Waals surface area contributed by atoms with Crippen LogP contribution < -0.4 is 0 Å². The van der Waals surface area contributed by atoms with Gasteiger partial charge in [-0.25, -0.2) is 4.68 Å². The summed E-state index contributed by atoms with van der Waals surface area (Å²) in [5, 5.41) is 8.70. The lowest BCUT2D eigenvalue weighted by atomic mass is 9.88. The van der Waals surface area contributed by atoms with Gasteiger partial charge in [0.2, 0.25) is 0 Å². The normalized spacial score (nSPS) is 17.2. The van der Waals surface area contributed by atoms with Crippen LogP contribution in [0.15, 0.2) is 48.7 Å². The fraction of sp³-hybridized carbons (Fsp3) is 0.278. The van der Waals surface area contributed by atoms with Crippen molar-refractivity contribution in [1.82, 2.24) is 20.0 Å². The molecule has 4 heteroatoms. The number of nitrogens with zero attached hydrogens (tertiary/aromatic N) is 4. The molecule has 0 bridgehead atoms. The molecule has 1 atom stereocenters. The molecule has 4 nitrogen and oxygen atoms in total. The van der Waals surface area contributed by atoms with Crippen LogP contribution in [0.1, 0.15) is 35.7 Å². The van der Waals surface area contributed by atoms with Gasteiger partial charge < -0.3 is 0 Å². The highest BCUT2D eigenvalue weighted by Crippen LogP contribution is 2.32. The largest absolute Gasteiger partial charge is 0.251 e. The van der Waals surface area contributed by atoms with Crippen LogP contribution in [-0.4, -0.2) is 20.0 Å². The van der Waals surface area contributed by atoms with Crippen LogP contribution in [0.4, 0.5) is 0 Å². The molecule has 0 spiro atoms. The zero-order chi connectivity index (χ0) is 14.9. The van der Waals surface area contributed by atoms with Gasteiger partial charge in [0.1, 0.15) is 5.69 Å². The Morgan fingerprint density at radius 1 is 1.05 bits per heavy atom. The fourth-order valence-corrected chi connectivity index (χ4v) is 3.24. The molecule has 2 aromatic heterocycles. The predicted molar refractivity (Wildman–Crippen MR) is 85.5 cm³/mol. The van der Waals surface area contributed by atoms with E-state index in [1.165, 1.54) is 17.5 Å². The number of aromatic nitrogens is 4. The number of fused-ring (bicyclic) bond motifs is 1. The highest BCUT2D eigenvalue weighted by molar-refractivity contribution is 5.52. The van der Waals surface area contributed by atoms with Crippen LogP contribution >= 0.6 is 0 Å². The third kappa shape index (κ3) is 2.30. The maximum Gasteiger partial charge on any atom is 0.131 e. The van der Waals surface area contributed by atoms with Crippen molar-refractivity contribution >= 4 is 0 Å². The van der Waals surface area contributed by atoms with Crippen LogP contribution in [0.2, 0.25) is 0 Å². The van der Waals surface area contributed by atoms with Crippen LogP contribution in [0, 0.1) is 6.92 Å². The van der Waals surface area contributed by atoms with E-state index in [1.807, 2.05) is 36.0 Å². The third-order valence-electron chi connectivity index (χ3n) is 4.32. The first-order chi connectivity index (χ1) is 10.8. The first kappa shape index (κ1) is 13.2. The van der Waals surface area contributed by atoms with Gasteiger partial charge in [-0.3, -0.25) is 4.98 Å². The molecule has 4 rings (SSSR count). The second-order valence-corrected chi connectivity index (χ2v) is 5.85. The lowest BCUT2D eigenvalue weighted by Gasteiger charge is -2.25. The summed E-state index contributed by atoms with van der Waals surface area (Å²) in [5.74, 6) is 0. The molecular formula is C18H18N4. The molecule has 1 aromatic carbocycles. The number of pyridine rings is 1. The molecule has 0 amide bonds. The Balaban J connectivity index is 1.71. The van der Waals surface area contributed by atoms with E-state index < -0.39 is 0 Å². The molecule has 110 valence electrons. The van der Waals surface area contributed by atoms with E-state index in [4.69, 9.17) is 0 Å². The molecular weight excluding hydrogens is 272 g/mol. The van der Waals surface area contributed by atoms with Gasteiger partial charge in [-0.2, -0.15) is 0 Å². The zero-order valence-electron chi connectivity index (χ0n) is 12.6. The number of aryl methyl sites for hydroxylation is 2. The summed E-state index contributed by atoms with van der Waals surface area (Å²) < 4.78 is 2.00. The molecule has 1 aliphatic carbocycles. The molecule has 0 fully saturated rings. The zero-order valence-corrected chi connectivity index (χ0v) is 12.6.